The minimum atomic E-state index is -0.818. The molecule has 2 heteroatoms. The first kappa shape index (κ1) is 17.4. The Kier molecular flexibility index (Phi) is 9.55. The van der Waals surface area contributed by atoms with E-state index in [0.717, 1.165) is 12.1 Å². The summed E-state index contributed by atoms with van der Waals surface area (Å²) in [5.74, 6) is 0. The van der Waals surface area contributed by atoms with Crippen LogP contribution in [0.5, 0.6) is 0 Å². The summed E-state index contributed by atoms with van der Waals surface area (Å²) >= 11 is 0. The highest BCUT2D eigenvalue weighted by Crippen LogP contribution is 2.65. The van der Waals surface area contributed by atoms with Crippen LogP contribution in [0, 0.1) is 0 Å². The average molecular weight is 261 g/mol. The highest BCUT2D eigenvalue weighted by atomic mass is 31.2. The van der Waals surface area contributed by atoms with Crippen LogP contribution in [0.15, 0.2) is 0 Å². The fourth-order valence-corrected chi connectivity index (χ4v) is 8.55. The largest absolute Gasteiger partial charge is 0.393 e. The van der Waals surface area contributed by atoms with Crippen molar-refractivity contribution < 1.29 is 5.11 Å². The molecule has 0 spiro atoms. The van der Waals surface area contributed by atoms with Crippen LogP contribution in [0.3, 0.4) is 0 Å². The van der Waals surface area contributed by atoms with Gasteiger partial charge in [0.15, 0.2) is 0 Å². The molecule has 0 bridgehead atoms. The van der Waals surface area contributed by atoms with Crippen molar-refractivity contribution in [2.75, 3.05) is 18.5 Å². The van der Waals surface area contributed by atoms with Crippen molar-refractivity contribution in [2.45, 2.75) is 78.5 Å². The van der Waals surface area contributed by atoms with E-state index in [1.165, 1.54) is 44.2 Å². The summed E-state index contributed by atoms with van der Waals surface area (Å²) in [6, 6.07) is 0. The first-order chi connectivity index (χ1) is 8.02. The van der Waals surface area contributed by atoms with Crippen LogP contribution in [0.1, 0.15) is 66.7 Å². The van der Waals surface area contributed by atoms with Crippen LogP contribution in [-0.4, -0.2) is 35.4 Å². The third kappa shape index (κ3) is 6.20. The molecule has 0 aromatic rings. The topological polar surface area (TPSA) is 20.2 Å². The zero-order valence-electron chi connectivity index (χ0n) is 12.7. The van der Waals surface area contributed by atoms with Gasteiger partial charge in [0.05, 0.1) is 30.2 Å². The molecule has 0 aliphatic heterocycles. The van der Waals surface area contributed by atoms with Crippen LogP contribution in [0.25, 0.3) is 0 Å². The first-order valence-electron chi connectivity index (χ1n) is 7.56. The molecule has 0 aliphatic rings. The molecule has 0 radical (unpaired) electrons. The van der Waals surface area contributed by atoms with Gasteiger partial charge in [0.2, 0.25) is 0 Å². The number of hydrogen-bond donors (Lipinski definition) is 1. The maximum Gasteiger partial charge on any atom is 0.0694 e. The predicted octanol–water partition coefficient (Wildman–Crippen LogP) is 4.78. The second kappa shape index (κ2) is 9.34. The summed E-state index contributed by atoms with van der Waals surface area (Å²) < 4.78 is 0. The highest BCUT2D eigenvalue weighted by molar-refractivity contribution is 7.76. The van der Waals surface area contributed by atoms with Gasteiger partial charge in [-0.3, -0.25) is 0 Å². The van der Waals surface area contributed by atoms with E-state index in [1.807, 2.05) is 6.92 Å². The third-order valence-electron chi connectivity index (χ3n) is 3.91. The Labute approximate surface area is 110 Å². The van der Waals surface area contributed by atoms with Gasteiger partial charge in [-0.05, 0) is 33.1 Å². The summed E-state index contributed by atoms with van der Waals surface area (Å²) in [5.41, 5.74) is 0.758. The predicted molar refractivity (Wildman–Crippen MR) is 82.8 cm³/mol. The monoisotopic (exact) mass is 261 g/mol. The van der Waals surface area contributed by atoms with Crippen molar-refractivity contribution in [1.29, 1.82) is 0 Å². The van der Waals surface area contributed by atoms with E-state index in [1.54, 1.807) is 0 Å². The SMILES string of the molecule is CCCC[P+](CCC)(CCC)C(C)CC(C)O. The third-order valence-corrected chi connectivity index (χ3v) is 9.88. The quantitative estimate of drug-likeness (QED) is 0.561. The molecule has 17 heavy (non-hydrogen) atoms. The van der Waals surface area contributed by atoms with Crippen molar-refractivity contribution in [3.8, 4) is 0 Å². The van der Waals surface area contributed by atoms with Gasteiger partial charge in [-0.25, -0.2) is 0 Å². The molecule has 2 unspecified atom stereocenters. The zero-order valence-corrected chi connectivity index (χ0v) is 13.6. The van der Waals surface area contributed by atoms with Gasteiger partial charge < -0.3 is 5.11 Å². The van der Waals surface area contributed by atoms with Gasteiger partial charge >= 0.3 is 0 Å². The Morgan fingerprint density at radius 1 is 0.882 bits per heavy atom. The number of hydrogen-bond acceptors (Lipinski definition) is 1. The van der Waals surface area contributed by atoms with E-state index in [0.29, 0.717) is 0 Å². The molecule has 2 atom stereocenters. The van der Waals surface area contributed by atoms with Gasteiger partial charge in [-0.1, -0.05) is 27.2 Å². The van der Waals surface area contributed by atoms with E-state index >= 15 is 0 Å². The Morgan fingerprint density at radius 3 is 1.76 bits per heavy atom. The summed E-state index contributed by atoms with van der Waals surface area (Å²) in [6.45, 7) is 11.3. The molecule has 0 saturated heterocycles. The summed E-state index contributed by atoms with van der Waals surface area (Å²) in [6.07, 6.45) is 10.6. The lowest BCUT2D eigenvalue weighted by Crippen LogP contribution is -2.23. The van der Waals surface area contributed by atoms with Crippen LogP contribution < -0.4 is 0 Å². The van der Waals surface area contributed by atoms with Crippen molar-refractivity contribution in [3.63, 3.8) is 0 Å². The molecule has 0 aromatic carbocycles. The first-order valence-corrected chi connectivity index (χ1v) is 9.97. The Balaban J connectivity index is 4.72. The van der Waals surface area contributed by atoms with Crippen molar-refractivity contribution in [2.24, 2.45) is 0 Å². The Morgan fingerprint density at radius 2 is 1.41 bits per heavy atom. The van der Waals surface area contributed by atoms with E-state index < -0.39 is 7.26 Å². The molecule has 1 N–H and O–H groups in total. The van der Waals surface area contributed by atoms with Gasteiger partial charge in [0.25, 0.3) is 0 Å². The molecular weight excluding hydrogens is 227 g/mol. The second-order valence-electron chi connectivity index (χ2n) is 5.68. The van der Waals surface area contributed by atoms with Gasteiger partial charge in [0.1, 0.15) is 0 Å². The fourth-order valence-electron chi connectivity index (χ4n) is 3.08. The molecule has 0 heterocycles. The van der Waals surface area contributed by atoms with Crippen LogP contribution in [0.2, 0.25) is 0 Å². The smallest absolute Gasteiger partial charge is 0.0694 e. The molecule has 104 valence electrons. The van der Waals surface area contributed by atoms with E-state index in [2.05, 4.69) is 27.7 Å². The lowest BCUT2D eigenvalue weighted by Gasteiger charge is -2.33. The van der Waals surface area contributed by atoms with E-state index in [9.17, 15) is 5.11 Å². The molecule has 0 aromatic heterocycles. The lowest BCUT2D eigenvalue weighted by atomic mass is 10.2. The summed E-state index contributed by atoms with van der Waals surface area (Å²) in [4.78, 5) is 0. The lowest BCUT2D eigenvalue weighted by molar-refractivity contribution is 0.184. The second-order valence-corrected chi connectivity index (χ2v) is 10.3. The summed E-state index contributed by atoms with van der Waals surface area (Å²) in [5, 5.41) is 9.67. The fraction of sp³-hybridized carbons (Fsp3) is 1.00. The Hall–Kier alpha value is 0.390. The Bertz CT molecular complexity index is 174. The molecule has 0 fully saturated rings. The number of unbranched alkanes of at least 4 members (excludes halogenated alkanes) is 1. The standard InChI is InChI=1S/C15H34OP/c1-6-9-12-17(10-7-2,11-8-3)15(5)13-14(4)16/h14-16H,6-13H2,1-5H3/q+1. The maximum atomic E-state index is 9.67. The van der Waals surface area contributed by atoms with Crippen molar-refractivity contribution in [1.82, 2.24) is 0 Å². The molecule has 1 nitrogen and oxygen atoms in total. The normalized spacial score (nSPS) is 15.9. The van der Waals surface area contributed by atoms with E-state index in [4.69, 9.17) is 0 Å². The number of aliphatic hydroxyl groups is 1. The van der Waals surface area contributed by atoms with Gasteiger partial charge in [0, 0.05) is 13.7 Å². The minimum Gasteiger partial charge on any atom is -0.393 e. The van der Waals surface area contributed by atoms with Crippen molar-refractivity contribution >= 4 is 7.26 Å². The molecular formula is C15H34OP+. The highest BCUT2D eigenvalue weighted by Gasteiger charge is 2.40. The minimum absolute atomic E-state index is 0.125. The summed E-state index contributed by atoms with van der Waals surface area (Å²) in [7, 11) is -0.818. The molecule has 0 aliphatic carbocycles. The van der Waals surface area contributed by atoms with Gasteiger partial charge in [-0.15, -0.1) is 0 Å². The van der Waals surface area contributed by atoms with Crippen LogP contribution >= 0.6 is 7.26 Å². The molecule has 0 rings (SSSR count). The van der Waals surface area contributed by atoms with Crippen LogP contribution in [-0.2, 0) is 0 Å². The van der Waals surface area contributed by atoms with Gasteiger partial charge in [-0.2, -0.15) is 0 Å². The zero-order chi connectivity index (χ0) is 13.3. The molecule has 0 amide bonds. The number of rotatable bonds is 10. The number of aliphatic hydroxyl groups excluding tert-OH is 1. The maximum absolute atomic E-state index is 9.67. The van der Waals surface area contributed by atoms with E-state index in [-0.39, 0.29) is 6.10 Å². The average Bonchev–Trinajstić information content (AvgIpc) is 2.25. The molecule has 0 saturated carbocycles. The van der Waals surface area contributed by atoms with Crippen LogP contribution in [0.4, 0.5) is 0 Å². The van der Waals surface area contributed by atoms with Crippen molar-refractivity contribution in [3.05, 3.63) is 0 Å².